The summed E-state index contributed by atoms with van der Waals surface area (Å²) in [6, 6.07) is 32.1. The molecule has 0 saturated carbocycles. The van der Waals surface area contributed by atoms with Crippen molar-refractivity contribution in [3.63, 3.8) is 0 Å². The number of hydrogen-bond acceptors (Lipinski definition) is 8. The second-order valence-electron chi connectivity index (χ2n) is 22.6. The molecule has 1 aliphatic carbocycles. The molecule has 422 valence electrons. The average Bonchev–Trinajstić information content (AvgIpc) is 4.10. The number of ether oxygens (including phenoxy) is 6. The Morgan fingerprint density at radius 1 is 0.573 bits per heavy atom. The molecule has 3 saturated heterocycles. The van der Waals surface area contributed by atoms with E-state index in [0.717, 1.165) is 57.2 Å². The van der Waals surface area contributed by atoms with Crippen molar-refractivity contribution in [3.05, 3.63) is 150 Å². The number of allylic oxidation sites excluding steroid dienone is 6. The SMILES string of the molecule is CC1(C)OCC(CCl)O1.CCC(C)CC(CC(O)CO)c1ccccc1.CCC(C)CC(CC1COC(C)(C)O1)c1ccccc1.CCC(C)CC(CC=C1C=CC=C[CH-]1)c1ccccc1.CCC1COC(C)(C)O1. The normalized spacial score (nSPS) is 23.2. The van der Waals surface area contributed by atoms with E-state index < -0.39 is 17.7 Å². The predicted octanol–water partition coefficient (Wildman–Crippen LogP) is 16.5. The van der Waals surface area contributed by atoms with Gasteiger partial charge in [0.25, 0.3) is 0 Å². The third-order valence-corrected chi connectivity index (χ3v) is 14.9. The largest absolute Gasteiger partial charge is 0.394 e. The van der Waals surface area contributed by atoms with Crippen molar-refractivity contribution >= 4 is 11.6 Å². The topological polar surface area (TPSA) is 95.8 Å². The monoisotopic (exact) mass is 1060 g/mol. The molecule has 0 bridgehead atoms. The van der Waals surface area contributed by atoms with E-state index in [9.17, 15) is 5.11 Å². The molecule has 3 aliphatic heterocycles. The quantitative estimate of drug-likeness (QED) is 0.0805. The third kappa shape index (κ3) is 27.2. The van der Waals surface area contributed by atoms with Gasteiger partial charge in [0.2, 0.25) is 0 Å². The summed E-state index contributed by atoms with van der Waals surface area (Å²) < 4.78 is 33.1. The molecular formula is C66H102ClO8-. The van der Waals surface area contributed by atoms with Crippen LogP contribution in [-0.4, -0.2) is 84.3 Å². The van der Waals surface area contributed by atoms with Crippen LogP contribution in [0.25, 0.3) is 0 Å². The molecule has 0 aromatic heterocycles. The fourth-order valence-electron chi connectivity index (χ4n) is 9.51. The van der Waals surface area contributed by atoms with Crippen molar-refractivity contribution in [1.82, 2.24) is 0 Å². The first-order valence-electron chi connectivity index (χ1n) is 28.6. The minimum atomic E-state index is -0.607. The maximum absolute atomic E-state index is 9.63. The number of hydrogen-bond donors (Lipinski definition) is 2. The molecule has 3 aromatic carbocycles. The molecule has 8 nitrogen and oxygen atoms in total. The van der Waals surface area contributed by atoms with Gasteiger partial charge in [0, 0.05) is 0 Å². The number of rotatable bonds is 21. The number of halogens is 1. The van der Waals surface area contributed by atoms with Gasteiger partial charge in [-0.05, 0) is 132 Å². The molecule has 0 amide bonds. The fraction of sp³-hybridized carbons (Fsp3) is 0.621. The van der Waals surface area contributed by atoms with E-state index in [1.54, 1.807) is 0 Å². The molecular weight excluding hydrogens is 956 g/mol. The molecule has 75 heavy (non-hydrogen) atoms. The summed E-state index contributed by atoms with van der Waals surface area (Å²) in [5.41, 5.74) is 5.50. The molecule has 3 fully saturated rings. The molecule has 10 unspecified atom stereocenters. The average molecular weight is 1060 g/mol. The van der Waals surface area contributed by atoms with Crippen molar-refractivity contribution in [2.24, 2.45) is 17.8 Å². The Kier molecular flexibility index (Phi) is 31.0. The summed E-state index contributed by atoms with van der Waals surface area (Å²) >= 11 is 5.53. The van der Waals surface area contributed by atoms with Crippen LogP contribution in [0.15, 0.2) is 127 Å². The lowest BCUT2D eigenvalue weighted by Gasteiger charge is -2.24. The Morgan fingerprint density at radius 2 is 0.987 bits per heavy atom. The Labute approximate surface area is 462 Å². The number of alkyl halides is 1. The minimum absolute atomic E-state index is 0.0849. The van der Waals surface area contributed by atoms with Gasteiger partial charge in [-0.3, -0.25) is 0 Å². The standard InChI is InChI=1S/C20H25.C18H28O2.C15H24O2.C7H14O2.C6H11ClO2/c1-3-17(2)16-20(19-12-8-5-9-13-19)15-14-18-10-6-4-7-11-18;1-5-14(2)11-16(15-9-7-6-8-10-15)12-17-13-19-18(3,4)20-17;1-3-12(2)9-14(10-15(17)11-16)13-7-5-4-6-8-13;1-4-6-5-8-7(2,3)9-6;1-6(2)8-4-5(3-7)9-6/h4-14,17,20H,3,15-16H2,1-2H3;6-10,14,16-17H,5,11-13H2,1-4H3;4-8,12,14-17H,3,9-11H2,1-2H3;6H,4-5H2,1-3H3;5H,3-4H2,1-2H3/q-1;;;;. The summed E-state index contributed by atoms with van der Waals surface area (Å²) in [6.45, 7) is 29.4. The number of aliphatic hydroxyl groups excluding tert-OH is 2. The van der Waals surface area contributed by atoms with Gasteiger partial charge in [0.15, 0.2) is 17.4 Å². The Morgan fingerprint density at radius 3 is 1.35 bits per heavy atom. The summed E-state index contributed by atoms with van der Waals surface area (Å²) in [5.74, 6) is 3.06. The highest BCUT2D eigenvalue weighted by Crippen LogP contribution is 2.35. The van der Waals surface area contributed by atoms with Gasteiger partial charge < -0.3 is 38.6 Å². The van der Waals surface area contributed by atoms with Gasteiger partial charge in [-0.2, -0.15) is 11.6 Å². The van der Waals surface area contributed by atoms with Crippen LogP contribution >= 0.6 is 11.6 Å². The van der Waals surface area contributed by atoms with E-state index in [1.165, 1.54) is 47.9 Å². The van der Waals surface area contributed by atoms with Crippen molar-refractivity contribution in [3.8, 4) is 0 Å². The molecule has 10 atom stereocenters. The van der Waals surface area contributed by atoms with Gasteiger partial charge in [-0.15, -0.1) is 42.3 Å². The highest BCUT2D eigenvalue weighted by Gasteiger charge is 2.35. The molecule has 2 N–H and O–H groups in total. The summed E-state index contributed by atoms with van der Waals surface area (Å²) in [6.07, 6.45) is 24.1. The molecule has 4 aliphatic rings. The van der Waals surface area contributed by atoms with Gasteiger partial charge in [0.1, 0.15) is 0 Å². The second kappa shape index (κ2) is 35.3. The first-order chi connectivity index (χ1) is 35.7. The zero-order valence-electron chi connectivity index (χ0n) is 48.7. The fourth-order valence-corrected chi connectivity index (χ4v) is 9.66. The Bertz CT molecular complexity index is 1960. The lowest BCUT2D eigenvalue weighted by Crippen LogP contribution is -2.23. The maximum Gasteiger partial charge on any atom is 0.163 e. The zero-order chi connectivity index (χ0) is 55.3. The maximum atomic E-state index is 9.63. The van der Waals surface area contributed by atoms with Gasteiger partial charge >= 0.3 is 0 Å². The van der Waals surface area contributed by atoms with Crippen LogP contribution in [0.2, 0.25) is 0 Å². The van der Waals surface area contributed by atoms with Crippen LogP contribution in [-0.2, 0) is 28.4 Å². The smallest absolute Gasteiger partial charge is 0.163 e. The van der Waals surface area contributed by atoms with Crippen LogP contribution in [0.3, 0.4) is 0 Å². The second-order valence-corrected chi connectivity index (χ2v) is 23.0. The van der Waals surface area contributed by atoms with Crippen LogP contribution in [0.1, 0.15) is 189 Å². The van der Waals surface area contributed by atoms with Crippen LogP contribution < -0.4 is 0 Å². The highest BCUT2D eigenvalue weighted by molar-refractivity contribution is 6.18. The van der Waals surface area contributed by atoms with Crippen molar-refractivity contribution < 1.29 is 38.6 Å². The van der Waals surface area contributed by atoms with Gasteiger partial charge in [-0.25, -0.2) is 0 Å². The molecule has 9 heteroatoms. The van der Waals surface area contributed by atoms with Crippen molar-refractivity contribution in [1.29, 1.82) is 0 Å². The van der Waals surface area contributed by atoms with Crippen LogP contribution in [0, 0.1) is 24.2 Å². The summed E-state index contributed by atoms with van der Waals surface area (Å²) in [5, 5.41) is 18.6. The number of benzene rings is 3. The molecule has 3 heterocycles. The zero-order valence-corrected chi connectivity index (χ0v) is 49.5. The molecule has 0 radical (unpaired) electrons. The lowest BCUT2D eigenvalue weighted by atomic mass is 9.85. The predicted molar refractivity (Wildman–Crippen MR) is 313 cm³/mol. The Hall–Kier alpha value is -3.28. The molecule has 7 rings (SSSR count). The van der Waals surface area contributed by atoms with E-state index in [4.69, 9.17) is 45.1 Å². The lowest BCUT2D eigenvalue weighted by molar-refractivity contribution is -0.139. The summed E-state index contributed by atoms with van der Waals surface area (Å²) in [4.78, 5) is 0. The molecule has 0 spiro atoms. The van der Waals surface area contributed by atoms with Crippen LogP contribution in [0.5, 0.6) is 0 Å². The van der Waals surface area contributed by atoms with E-state index in [1.807, 2.05) is 59.7 Å². The van der Waals surface area contributed by atoms with E-state index in [0.29, 0.717) is 48.7 Å². The first kappa shape index (κ1) is 66.0. The Balaban J connectivity index is 0.000000256. The van der Waals surface area contributed by atoms with E-state index in [-0.39, 0.29) is 24.6 Å². The highest BCUT2D eigenvalue weighted by atomic mass is 35.5. The van der Waals surface area contributed by atoms with E-state index in [2.05, 4.69) is 158 Å². The summed E-state index contributed by atoms with van der Waals surface area (Å²) in [7, 11) is 0. The first-order valence-corrected chi connectivity index (χ1v) is 29.1. The van der Waals surface area contributed by atoms with Crippen molar-refractivity contribution in [2.45, 2.75) is 214 Å². The van der Waals surface area contributed by atoms with Crippen LogP contribution in [0.4, 0.5) is 0 Å². The minimum Gasteiger partial charge on any atom is -0.394 e. The number of aliphatic hydroxyl groups is 2. The third-order valence-electron chi connectivity index (χ3n) is 14.5. The molecule has 3 aromatic rings. The van der Waals surface area contributed by atoms with Gasteiger partial charge in [0.05, 0.1) is 56.7 Å². The van der Waals surface area contributed by atoms with Gasteiger partial charge in [-0.1, -0.05) is 165 Å². The van der Waals surface area contributed by atoms with E-state index >= 15 is 0 Å². The van der Waals surface area contributed by atoms with Crippen molar-refractivity contribution in [2.75, 3.05) is 32.3 Å².